The fourth-order valence-electron chi connectivity index (χ4n) is 3.72. The first-order valence-electron chi connectivity index (χ1n) is 9.66. The minimum Gasteiger partial charge on any atom is -0.481 e. The van der Waals surface area contributed by atoms with Crippen LogP contribution in [0.15, 0.2) is 28.8 Å². The van der Waals surface area contributed by atoms with Gasteiger partial charge in [-0.3, -0.25) is 14.5 Å². The molecule has 1 aromatic heterocycles. The lowest BCUT2D eigenvalue weighted by molar-refractivity contribution is -0.145. The molecule has 1 aliphatic heterocycles. The second-order valence-electron chi connectivity index (χ2n) is 7.67. The SMILES string of the molecule is O=C(N[C@H]1CCN(C(F)C2CC2)C[C@@H]1C(=O)O)c1ncc(-c2ccc(F)cc2F)o1. The number of carbonyl (C=O) groups excluding carboxylic acids is 1. The number of carboxylic acids is 1. The molecule has 2 N–H and O–H groups in total. The number of likely N-dealkylation sites (tertiary alicyclic amines) is 1. The van der Waals surface area contributed by atoms with E-state index in [-0.39, 0.29) is 36.1 Å². The van der Waals surface area contributed by atoms with Crippen molar-refractivity contribution in [3.8, 4) is 11.3 Å². The van der Waals surface area contributed by atoms with Crippen LogP contribution in [0.2, 0.25) is 0 Å². The van der Waals surface area contributed by atoms with Gasteiger partial charge in [0.1, 0.15) is 11.6 Å². The lowest BCUT2D eigenvalue weighted by Crippen LogP contribution is -2.55. The van der Waals surface area contributed by atoms with Gasteiger partial charge < -0.3 is 14.8 Å². The van der Waals surface area contributed by atoms with E-state index in [4.69, 9.17) is 4.42 Å². The number of alkyl halides is 1. The van der Waals surface area contributed by atoms with Crippen LogP contribution >= 0.6 is 0 Å². The zero-order chi connectivity index (χ0) is 21.4. The molecular weight excluding hydrogens is 403 g/mol. The summed E-state index contributed by atoms with van der Waals surface area (Å²) in [7, 11) is 0. The molecule has 1 aliphatic carbocycles. The molecule has 30 heavy (non-hydrogen) atoms. The smallest absolute Gasteiger partial charge is 0.309 e. The summed E-state index contributed by atoms with van der Waals surface area (Å²) in [6.45, 7) is 0.319. The first kappa shape index (κ1) is 20.4. The van der Waals surface area contributed by atoms with Crippen molar-refractivity contribution in [3.63, 3.8) is 0 Å². The number of halogens is 3. The van der Waals surface area contributed by atoms with E-state index in [9.17, 15) is 27.9 Å². The van der Waals surface area contributed by atoms with Gasteiger partial charge in [-0.25, -0.2) is 18.2 Å². The van der Waals surface area contributed by atoms with E-state index in [2.05, 4.69) is 10.3 Å². The van der Waals surface area contributed by atoms with Gasteiger partial charge in [-0.05, 0) is 31.4 Å². The maximum atomic E-state index is 14.4. The Labute approximate surface area is 169 Å². The van der Waals surface area contributed by atoms with Crippen molar-refractivity contribution in [1.82, 2.24) is 15.2 Å². The molecule has 1 aromatic carbocycles. The first-order valence-corrected chi connectivity index (χ1v) is 9.66. The Morgan fingerprint density at radius 2 is 2.03 bits per heavy atom. The molecule has 0 bridgehead atoms. The zero-order valence-corrected chi connectivity index (χ0v) is 15.9. The number of amides is 1. The minimum absolute atomic E-state index is 0.00439. The largest absolute Gasteiger partial charge is 0.481 e. The molecule has 2 aromatic rings. The normalized spacial score (nSPS) is 23.2. The molecule has 1 unspecified atom stereocenters. The highest BCUT2D eigenvalue weighted by atomic mass is 19.1. The summed E-state index contributed by atoms with van der Waals surface area (Å²) in [5.74, 6) is -4.97. The Kier molecular flexibility index (Phi) is 5.50. The van der Waals surface area contributed by atoms with Gasteiger partial charge in [0.25, 0.3) is 5.89 Å². The Bertz CT molecular complexity index is 963. The summed E-state index contributed by atoms with van der Waals surface area (Å²) >= 11 is 0. The molecule has 2 fully saturated rings. The predicted octanol–water partition coefficient (Wildman–Crippen LogP) is 2.83. The topological polar surface area (TPSA) is 95.7 Å². The van der Waals surface area contributed by atoms with Gasteiger partial charge in [-0.1, -0.05) is 0 Å². The van der Waals surface area contributed by atoms with Gasteiger partial charge in [0.05, 0.1) is 17.7 Å². The van der Waals surface area contributed by atoms with Crippen LogP contribution in [0.3, 0.4) is 0 Å². The van der Waals surface area contributed by atoms with Crippen molar-refractivity contribution in [2.24, 2.45) is 11.8 Å². The lowest BCUT2D eigenvalue weighted by Gasteiger charge is -2.38. The number of nitrogens with one attached hydrogen (secondary N) is 1. The van der Waals surface area contributed by atoms with Crippen LogP contribution in [0.5, 0.6) is 0 Å². The van der Waals surface area contributed by atoms with E-state index in [1.165, 1.54) is 4.90 Å². The third-order valence-electron chi connectivity index (χ3n) is 5.53. The van der Waals surface area contributed by atoms with Gasteiger partial charge in [-0.15, -0.1) is 0 Å². The quantitative estimate of drug-likeness (QED) is 0.694. The summed E-state index contributed by atoms with van der Waals surface area (Å²) in [5.41, 5.74) is -0.0614. The summed E-state index contributed by atoms with van der Waals surface area (Å²) < 4.78 is 46.6. The summed E-state index contributed by atoms with van der Waals surface area (Å²) in [4.78, 5) is 29.5. The van der Waals surface area contributed by atoms with E-state index >= 15 is 0 Å². The number of rotatable bonds is 6. The van der Waals surface area contributed by atoms with Crippen molar-refractivity contribution in [1.29, 1.82) is 0 Å². The van der Waals surface area contributed by atoms with Gasteiger partial charge in [0.2, 0.25) is 0 Å². The average molecular weight is 423 g/mol. The molecule has 2 heterocycles. The maximum Gasteiger partial charge on any atom is 0.309 e. The zero-order valence-electron chi connectivity index (χ0n) is 15.9. The molecule has 1 amide bonds. The van der Waals surface area contributed by atoms with Crippen LogP contribution in [0.25, 0.3) is 11.3 Å². The number of hydrogen-bond acceptors (Lipinski definition) is 5. The van der Waals surface area contributed by atoms with Crippen LogP contribution < -0.4 is 5.32 Å². The fourth-order valence-corrected chi connectivity index (χ4v) is 3.72. The maximum absolute atomic E-state index is 14.4. The van der Waals surface area contributed by atoms with Crippen LogP contribution in [-0.4, -0.2) is 52.3 Å². The lowest BCUT2D eigenvalue weighted by atomic mass is 9.91. The predicted molar refractivity (Wildman–Crippen MR) is 98.0 cm³/mol. The van der Waals surface area contributed by atoms with E-state index < -0.39 is 41.8 Å². The number of benzene rings is 1. The molecule has 160 valence electrons. The van der Waals surface area contributed by atoms with E-state index in [0.717, 1.165) is 31.2 Å². The Morgan fingerprint density at radius 1 is 1.27 bits per heavy atom. The monoisotopic (exact) mass is 423 g/mol. The molecule has 7 nitrogen and oxygen atoms in total. The number of piperidine rings is 1. The highest BCUT2D eigenvalue weighted by Gasteiger charge is 2.42. The molecule has 0 spiro atoms. The number of carbonyl (C=O) groups is 2. The Morgan fingerprint density at radius 3 is 2.70 bits per heavy atom. The number of hydrogen-bond donors (Lipinski definition) is 2. The number of oxazole rings is 1. The minimum atomic E-state index is -1.16. The van der Waals surface area contributed by atoms with Crippen molar-refractivity contribution < 1.29 is 32.3 Å². The van der Waals surface area contributed by atoms with E-state index in [1.807, 2.05) is 0 Å². The molecule has 4 rings (SSSR count). The summed E-state index contributed by atoms with van der Waals surface area (Å²) in [5, 5.41) is 12.1. The Hall–Kier alpha value is -2.88. The van der Waals surface area contributed by atoms with E-state index in [0.29, 0.717) is 12.6 Å². The number of aromatic nitrogens is 1. The number of carboxylic acid groups (broad SMARTS) is 1. The van der Waals surface area contributed by atoms with Crippen LogP contribution in [0.1, 0.15) is 29.9 Å². The average Bonchev–Trinajstić information content (AvgIpc) is 3.44. The third kappa shape index (κ3) is 4.18. The summed E-state index contributed by atoms with van der Waals surface area (Å²) in [6.07, 6.45) is 1.83. The fraction of sp³-hybridized carbons (Fsp3) is 0.450. The van der Waals surface area contributed by atoms with Gasteiger partial charge in [-0.2, -0.15) is 0 Å². The number of aliphatic carboxylic acids is 1. The van der Waals surface area contributed by atoms with Gasteiger partial charge in [0.15, 0.2) is 12.1 Å². The molecule has 1 saturated heterocycles. The Balaban J connectivity index is 1.44. The number of nitrogens with zero attached hydrogens (tertiary/aromatic N) is 2. The first-order chi connectivity index (χ1) is 14.3. The molecule has 3 atom stereocenters. The molecule has 10 heteroatoms. The standard InChI is InChI=1S/C20H20F3N3O4/c21-11-3-4-12(14(22)7-11)16-8-24-19(30-16)18(27)25-15-5-6-26(9-13(15)20(28)29)17(23)10-1-2-10/h3-4,7-8,10,13,15,17H,1-2,5-6,9H2,(H,25,27)(H,28,29)/t13-,15-,17?/m0/s1. The van der Waals surface area contributed by atoms with Crippen LogP contribution in [0.4, 0.5) is 13.2 Å². The van der Waals surface area contributed by atoms with Crippen molar-refractivity contribution in [3.05, 3.63) is 41.9 Å². The van der Waals surface area contributed by atoms with Gasteiger partial charge >= 0.3 is 11.9 Å². The second kappa shape index (κ2) is 8.10. The van der Waals surface area contributed by atoms with Crippen molar-refractivity contribution >= 4 is 11.9 Å². The van der Waals surface area contributed by atoms with Crippen LogP contribution in [-0.2, 0) is 4.79 Å². The van der Waals surface area contributed by atoms with E-state index in [1.54, 1.807) is 0 Å². The van der Waals surface area contributed by atoms with Crippen molar-refractivity contribution in [2.75, 3.05) is 13.1 Å². The summed E-state index contributed by atoms with van der Waals surface area (Å²) in [6, 6.07) is 2.17. The molecule has 1 saturated carbocycles. The van der Waals surface area contributed by atoms with Crippen molar-refractivity contribution in [2.45, 2.75) is 31.6 Å². The highest BCUT2D eigenvalue weighted by Crippen LogP contribution is 2.37. The molecule has 2 aliphatic rings. The molecule has 0 radical (unpaired) electrons. The molecular formula is C20H20F3N3O4. The third-order valence-corrected chi connectivity index (χ3v) is 5.53. The second-order valence-corrected chi connectivity index (χ2v) is 7.67. The highest BCUT2D eigenvalue weighted by molar-refractivity contribution is 5.90. The van der Waals surface area contributed by atoms with Crippen LogP contribution in [0, 0.1) is 23.5 Å². The van der Waals surface area contributed by atoms with Gasteiger partial charge in [0, 0.05) is 31.1 Å².